The number of hydrogen-bond acceptors (Lipinski definition) is 3. The number of anilines is 2. The number of aliphatic hydroxyl groups excluding tert-OH is 1. The van der Waals surface area contributed by atoms with Crippen LogP contribution in [0.1, 0.15) is 76.6 Å². The maximum absolute atomic E-state index is 11.2. The lowest BCUT2D eigenvalue weighted by Gasteiger charge is -2.31. The van der Waals surface area contributed by atoms with Gasteiger partial charge in [-0.1, -0.05) is 81.3 Å². The van der Waals surface area contributed by atoms with E-state index in [0.29, 0.717) is 5.76 Å². The number of likely N-dealkylation sites (N-methyl/N-ethyl adjacent to an activating group) is 2. The average Bonchev–Trinajstić information content (AvgIpc) is 3.41. The van der Waals surface area contributed by atoms with Crippen LogP contribution >= 0.6 is 0 Å². The van der Waals surface area contributed by atoms with Crippen molar-refractivity contribution in [2.45, 2.75) is 85.1 Å². The van der Waals surface area contributed by atoms with Gasteiger partial charge in [0.25, 0.3) is 0 Å². The molecule has 1 unspecified atom stereocenters. The van der Waals surface area contributed by atoms with Gasteiger partial charge in [-0.3, -0.25) is 0 Å². The Labute approximate surface area is 229 Å². The van der Waals surface area contributed by atoms with Crippen molar-refractivity contribution in [1.29, 1.82) is 0 Å². The Bertz CT molecular complexity index is 1380. The van der Waals surface area contributed by atoms with Crippen molar-refractivity contribution in [1.82, 2.24) is 0 Å². The molecule has 0 fully saturated rings. The van der Waals surface area contributed by atoms with Crippen LogP contribution in [0.15, 0.2) is 83.3 Å². The van der Waals surface area contributed by atoms with Crippen molar-refractivity contribution in [3.05, 3.63) is 106 Å². The third kappa shape index (κ3) is 4.11. The summed E-state index contributed by atoms with van der Waals surface area (Å²) >= 11 is 0. The van der Waals surface area contributed by atoms with Gasteiger partial charge in [0.1, 0.15) is 5.76 Å². The van der Waals surface area contributed by atoms with Crippen molar-refractivity contribution in [3.8, 4) is 0 Å². The maximum atomic E-state index is 11.2. The fraction of sp³-hybridized carbons (Fsp3) is 0.429. The van der Waals surface area contributed by atoms with Crippen LogP contribution in [0.2, 0.25) is 0 Å². The minimum absolute atomic E-state index is 0.0107. The number of allylic oxidation sites excluding steroid dienone is 6. The first kappa shape index (κ1) is 26.4. The molecule has 0 radical (unpaired) electrons. The Balaban J connectivity index is 1.43. The second-order valence-corrected chi connectivity index (χ2v) is 12.3. The third-order valence-corrected chi connectivity index (χ3v) is 9.13. The SMILES string of the molecule is CCN1/C(=C/C=C2\CCC(/C=C/C3N(CC)c4ccc(C)cc4C3(C)C)=C2O)C(C)(C)c2cc(C)ccc21. The number of benzene rings is 2. The van der Waals surface area contributed by atoms with Gasteiger partial charge >= 0.3 is 0 Å². The first-order valence-corrected chi connectivity index (χ1v) is 14.3. The Morgan fingerprint density at radius 3 is 2.18 bits per heavy atom. The van der Waals surface area contributed by atoms with Crippen LogP contribution in [0.3, 0.4) is 0 Å². The van der Waals surface area contributed by atoms with E-state index >= 15 is 0 Å². The molecule has 2 aliphatic heterocycles. The predicted octanol–water partition coefficient (Wildman–Crippen LogP) is 8.58. The van der Waals surface area contributed by atoms with Gasteiger partial charge in [-0.2, -0.15) is 0 Å². The second-order valence-electron chi connectivity index (χ2n) is 12.3. The Morgan fingerprint density at radius 1 is 0.868 bits per heavy atom. The van der Waals surface area contributed by atoms with Gasteiger partial charge < -0.3 is 14.9 Å². The highest BCUT2D eigenvalue weighted by molar-refractivity contribution is 5.71. The smallest absolute Gasteiger partial charge is 0.121 e. The van der Waals surface area contributed by atoms with Gasteiger partial charge in [0.05, 0.1) is 6.04 Å². The molecule has 0 bridgehead atoms. The summed E-state index contributed by atoms with van der Waals surface area (Å²) in [6.45, 7) is 20.0. The van der Waals surface area contributed by atoms with Crippen molar-refractivity contribution < 1.29 is 5.11 Å². The van der Waals surface area contributed by atoms with E-state index in [2.05, 4.69) is 126 Å². The molecule has 1 aliphatic carbocycles. The summed E-state index contributed by atoms with van der Waals surface area (Å²) in [5, 5.41) is 11.2. The molecule has 3 nitrogen and oxygen atoms in total. The molecule has 2 aromatic carbocycles. The average molecular weight is 509 g/mol. The molecular weight excluding hydrogens is 464 g/mol. The van der Waals surface area contributed by atoms with Crippen LogP contribution in [-0.2, 0) is 10.8 Å². The second kappa shape index (κ2) is 9.52. The van der Waals surface area contributed by atoms with Gasteiger partial charge in [-0.05, 0) is 81.0 Å². The molecule has 200 valence electrons. The first-order chi connectivity index (χ1) is 18.0. The van der Waals surface area contributed by atoms with Crippen LogP contribution in [0.4, 0.5) is 11.4 Å². The van der Waals surface area contributed by atoms with E-state index in [1.807, 2.05) is 0 Å². The number of aliphatic hydroxyl groups is 1. The lowest BCUT2D eigenvalue weighted by atomic mass is 9.79. The molecule has 0 saturated carbocycles. The highest BCUT2D eigenvalue weighted by Crippen LogP contribution is 2.48. The molecule has 3 aliphatic rings. The zero-order valence-corrected chi connectivity index (χ0v) is 24.5. The predicted molar refractivity (Wildman–Crippen MR) is 162 cm³/mol. The lowest BCUT2D eigenvalue weighted by molar-refractivity contribution is 0.423. The summed E-state index contributed by atoms with van der Waals surface area (Å²) in [6, 6.07) is 13.9. The normalized spacial score (nSPS) is 23.8. The zero-order valence-electron chi connectivity index (χ0n) is 24.5. The van der Waals surface area contributed by atoms with Crippen LogP contribution in [0.5, 0.6) is 0 Å². The third-order valence-electron chi connectivity index (χ3n) is 9.13. The van der Waals surface area contributed by atoms with Gasteiger partial charge in [0, 0.05) is 41.0 Å². The number of rotatable bonds is 5. The molecule has 2 heterocycles. The standard InChI is InChI=1S/C35H44N2O/c1-9-36-29-17-11-23(3)21-27(29)34(5,6)31(36)19-15-25-13-14-26(33(25)38)16-20-32-35(7,8)28-22-24(4)12-18-30(28)37(32)10-2/h11-12,15-22,31,38H,9-10,13-14H2,1-8H3/b19-15+,26-16+,32-20+. The minimum atomic E-state index is -0.0693. The molecule has 0 spiro atoms. The van der Waals surface area contributed by atoms with Gasteiger partial charge in [0.2, 0.25) is 0 Å². The van der Waals surface area contributed by atoms with E-state index in [9.17, 15) is 5.11 Å². The van der Waals surface area contributed by atoms with Crippen LogP contribution in [0.25, 0.3) is 0 Å². The van der Waals surface area contributed by atoms with E-state index in [4.69, 9.17) is 0 Å². The van der Waals surface area contributed by atoms with E-state index < -0.39 is 0 Å². The summed E-state index contributed by atoms with van der Waals surface area (Å²) < 4.78 is 0. The summed E-state index contributed by atoms with van der Waals surface area (Å²) in [5.74, 6) is 0.456. The zero-order chi connectivity index (χ0) is 27.4. The largest absolute Gasteiger partial charge is 0.507 e. The van der Waals surface area contributed by atoms with E-state index in [0.717, 1.165) is 37.1 Å². The Kier molecular flexibility index (Phi) is 6.62. The highest BCUT2D eigenvalue weighted by Gasteiger charge is 2.43. The van der Waals surface area contributed by atoms with Gasteiger partial charge in [0.15, 0.2) is 0 Å². The van der Waals surface area contributed by atoms with E-state index in [-0.39, 0.29) is 16.9 Å². The van der Waals surface area contributed by atoms with Crippen LogP contribution in [0, 0.1) is 13.8 Å². The number of hydrogen-bond donors (Lipinski definition) is 1. The molecule has 3 heteroatoms. The molecule has 0 saturated heterocycles. The summed E-state index contributed by atoms with van der Waals surface area (Å²) in [7, 11) is 0. The van der Waals surface area contributed by atoms with Gasteiger partial charge in [-0.25, -0.2) is 0 Å². The molecule has 0 aromatic heterocycles. The molecule has 1 N–H and O–H groups in total. The lowest BCUT2D eigenvalue weighted by Crippen LogP contribution is -2.39. The minimum Gasteiger partial charge on any atom is -0.507 e. The van der Waals surface area contributed by atoms with Crippen molar-refractivity contribution in [2.75, 3.05) is 22.9 Å². The Hall–Kier alpha value is -3.20. The Morgan fingerprint density at radius 2 is 1.53 bits per heavy atom. The van der Waals surface area contributed by atoms with Crippen LogP contribution < -0.4 is 9.80 Å². The molecule has 1 atom stereocenters. The quantitative estimate of drug-likeness (QED) is 0.438. The van der Waals surface area contributed by atoms with Crippen LogP contribution in [-0.4, -0.2) is 24.2 Å². The molecule has 38 heavy (non-hydrogen) atoms. The fourth-order valence-corrected chi connectivity index (χ4v) is 6.88. The van der Waals surface area contributed by atoms with Gasteiger partial charge in [-0.15, -0.1) is 0 Å². The molecule has 0 amide bonds. The van der Waals surface area contributed by atoms with E-state index in [1.165, 1.54) is 39.3 Å². The number of aryl methyl sites for hydroxylation is 2. The highest BCUT2D eigenvalue weighted by atomic mass is 16.3. The van der Waals surface area contributed by atoms with Crippen molar-refractivity contribution in [3.63, 3.8) is 0 Å². The summed E-state index contributed by atoms with van der Waals surface area (Å²) in [5.41, 5.74) is 11.4. The van der Waals surface area contributed by atoms with E-state index in [1.54, 1.807) is 0 Å². The topological polar surface area (TPSA) is 26.7 Å². The molecule has 2 aromatic rings. The monoisotopic (exact) mass is 508 g/mol. The van der Waals surface area contributed by atoms with Crippen molar-refractivity contribution in [2.24, 2.45) is 0 Å². The summed E-state index contributed by atoms with van der Waals surface area (Å²) in [6.07, 6.45) is 10.7. The van der Waals surface area contributed by atoms with Crippen molar-refractivity contribution >= 4 is 11.4 Å². The summed E-state index contributed by atoms with van der Waals surface area (Å²) in [4.78, 5) is 4.92. The number of fused-ring (bicyclic) bond motifs is 2. The molecule has 5 rings (SSSR count). The fourth-order valence-electron chi connectivity index (χ4n) is 6.88. The maximum Gasteiger partial charge on any atom is 0.121 e. The first-order valence-electron chi connectivity index (χ1n) is 14.3. The number of nitrogens with zero attached hydrogens (tertiary/aromatic N) is 2. The molecular formula is C35H44N2O.